The Labute approximate surface area is 173 Å². The van der Waals surface area contributed by atoms with E-state index >= 15 is 0 Å². The van der Waals surface area contributed by atoms with Crippen LogP contribution in [0.3, 0.4) is 0 Å². The van der Waals surface area contributed by atoms with Gasteiger partial charge in [0.1, 0.15) is 10.8 Å². The summed E-state index contributed by atoms with van der Waals surface area (Å²) in [6, 6.07) is 25.4. The molecule has 0 atom stereocenters. The van der Waals surface area contributed by atoms with Crippen LogP contribution < -0.4 is 10.1 Å². The lowest BCUT2D eigenvalue weighted by Gasteiger charge is -2.09. The van der Waals surface area contributed by atoms with E-state index in [0.29, 0.717) is 5.75 Å². The molecule has 0 aliphatic heterocycles. The van der Waals surface area contributed by atoms with Crippen molar-refractivity contribution < 1.29 is 9.53 Å². The van der Waals surface area contributed by atoms with Crippen molar-refractivity contribution in [3.63, 3.8) is 0 Å². The van der Waals surface area contributed by atoms with Crippen LogP contribution in [0.25, 0.3) is 21.8 Å². The van der Waals surface area contributed by atoms with E-state index in [1.54, 1.807) is 11.3 Å². The quantitative estimate of drug-likeness (QED) is 0.445. The molecule has 0 unspecified atom stereocenters. The van der Waals surface area contributed by atoms with Gasteiger partial charge in [0, 0.05) is 22.2 Å². The van der Waals surface area contributed by atoms with Crippen molar-refractivity contribution in [1.29, 1.82) is 0 Å². The van der Waals surface area contributed by atoms with Crippen molar-refractivity contribution in [2.75, 3.05) is 11.9 Å². The van der Waals surface area contributed by atoms with Gasteiger partial charge < -0.3 is 10.1 Å². The third-order valence-electron chi connectivity index (χ3n) is 4.33. The lowest BCUT2D eigenvalue weighted by Crippen LogP contribution is -2.20. The number of hydrogen-bond donors (Lipinski definition) is 1. The number of ether oxygens (including phenoxy) is 1. The van der Waals surface area contributed by atoms with E-state index in [0.717, 1.165) is 33.1 Å². The van der Waals surface area contributed by atoms with Crippen LogP contribution in [0.1, 0.15) is 5.56 Å². The van der Waals surface area contributed by atoms with Gasteiger partial charge in [0.15, 0.2) is 6.61 Å². The molecular weight excluding hydrogens is 380 g/mol. The Kier molecular flexibility index (Phi) is 5.68. The van der Waals surface area contributed by atoms with Crippen LogP contribution in [0.2, 0.25) is 0 Å². The van der Waals surface area contributed by atoms with E-state index in [1.807, 2.05) is 91.2 Å². The molecule has 1 heterocycles. The molecule has 4 aromatic rings. The summed E-state index contributed by atoms with van der Waals surface area (Å²) in [5, 5.41) is 5.89. The normalized spacial score (nSPS) is 10.5. The molecule has 1 amide bonds. The van der Waals surface area contributed by atoms with Crippen molar-refractivity contribution in [2.45, 2.75) is 6.92 Å². The zero-order chi connectivity index (χ0) is 20.1. The highest BCUT2D eigenvalue weighted by atomic mass is 32.1. The van der Waals surface area contributed by atoms with Crippen molar-refractivity contribution in [1.82, 2.24) is 4.98 Å². The third kappa shape index (κ3) is 4.89. The lowest BCUT2D eigenvalue weighted by atomic mass is 10.1. The first-order chi connectivity index (χ1) is 14.2. The standard InChI is InChI=1S/C24H20N2O2S/c1-17-7-5-12-21(13-17)28-15-23(27)25-20-11-6-10-19(14-20)22-16-29-24(26-22)18-8-3-2-4-9-18/h2-14,16H,15H2,1H3,(H,25,27). The smallest absolute Gasteiger partial charge is 0.262 e. The predicted octanol–water partition coefficient (Wildman–Crippen LogP) is 5.80. The number of aryl methyl sites for hydroxylation is 1. The monoisotopic (exact) mass is 400 g/mol. The summed E-state index contributed by atoms with van der Waals surface area (Å²) >= 11 is 1.61. The van der Waals surface area contributed by atoms with Crippen LogP contribution in [0.5, 0.6) is 5.75 Å². The average Bonchev–Trinajstić information content (AvgIpc) is 3.24. The first-order valence-corrected chi connectivity index (χ1v) is 10.2. The molecule has 144 valence electrons. The highest BCUT2D eigenvalue weighted by molar-refractivity contribution is 7.13. The van der Waals surface area contributed by atoms with Crippen LogP contribution in [-0.2, 0) is 4.79 Å². The van der Waals surface area contributed by atoms with Gasteiger partial charge in [-0.2, -0.15) is 0 Å². The largest absolute Gasteiger partial charge is 0.484 e. The molecule has 0 bridgehead atoms. The van der Waals surface area contributed by atoms with Crippen molar-refractivity contribution in [3.05, 3.63) is 89.8 Å². The molecule has 0 saturated heterocycles. The number of nitrogens with one attached hydrogen (secondary N) is 1. The highest BCUT2D eigenvalue weighted by Crippen LogP contribution is 2.29. The van der Waals surface area contributed by atoms with Gasteiger partial charge in [-0.05, 0) is 36.8 Å². The summed E-state index contributed by atoms with van der Waals surface area (Å²) in [7, 11) is 0. The van der Waals surface area contributed by atoms with E-state index in [1.165, 1.54) is 0 Å². The molecule has 1 aromatic heterocycles. The summed E-state index contributed by atoms with van der Waals surface area (Å²) < 4.78 is 5.57. The van der Waals surface area contributed by atoms with E-state index < -0.39 is 0 Å². The van der Waals surface area contributed by atoms with Gasteiger partial charge in [-0.25, -0.2) is 4.98 Å². The fraction of sp³-hybridized carbons (Fsp3) is 0.0833. The number of rotatable bonds is 6. The van der Waals surface area contributed by atoms with E-state index in [2.05, 4.69) is 5.32 Å². The first-order valence-electron chi connectivity index (χ1n) is 9.28. The van der Waals surface area contributed by atoms with Crippen LogP contribution in [-0.4, -0.2) is 17.5 Å². The van der Waals surface area contributed by atoms with Gasteiger partial charge in [-0.3, -0.25) is 4.79 Å². The fourth-order valence-corrected chi connectivity index (χ4v) is 3.76. The van der Waals surface area contributed by atoms with Gasteiger partial charge in [0.05, 0.1) is 5.69 Å². The molecule has 0 saturated carbocycles. The number of aromatic nitrogens is 1. The first kappa shape index (κ1) is 18.9. The summed E-state index contributed by atoms with van der Waals surface area (Å²) in [6.45, 7) is 1.95. The molecule has 0 spiro atoms. The molecule has 0 fully saturated rings. The minimum absolute atomic E-state index is 0.0391. The lowest BCUT2D eigenvalue weighted by molar-refractivity contribution is -0.118. The minimum Gasteiger partial charge on any atom is -0.484 e. The summed E-state index contributed by atoms with van der Waals surface area (Å²) in [5.74, 6) is 0.483. The molecule has 29 heavy (non-hydrogen) atoms. The SMILES string of the molecule is Cc1cccc(OCC(=O)Nc2cccc(-c3csc(-c4ccccc4)n3)c2)c1. The molecular formula is C24H20N2O2S. The Morgan fingerprint density at radius 3 is 2.59 bits per heavy atom. The van der Waals surface area contributed by atoms with Crippen molar-refractivity contribution in [2.24, 2.45) is 0 Å². The molecule has 5 heteroatoms. The number of carbonyl (C=O) groups excluding carboxylic acids is 1. The number of anilines is 1. The Morgan fingerprint density at radius 2 is 1.76 bits per heavy atom. The van der Waals surface area contributed by atoms with E-state index in [9.17, 15) is 4.79 Å². The number of carbonyl (C=O) groups is 1. The number of nitrogens with zero attached hydrogens (tertiary/aromatic N) is 1. The summed E-state index contributed by atoms with van der Waals surface area (Å²) in [4.78, 5) is 17.0. The second-order valence-corrected chi connectivity index (χ2v) is 7.50. The van der Waals surface area contributed by atoms with Crippen LogP contribution in [0.4, 0.5) is 5.69 Å². The van der Waals surface area contributed by atoms with Crippen LogP contribution >= 0.6 is 11.3 Å². The second kappa shape index (κ2) is 8.71. The molecule has 3 aromatic carbocycles. The van der Waals surface area contributed by atoms with Gasteiger partial charge in [-0.15, -0.1) is 11.3 Å². The Morgan fingerprint density at radius 1 is 0.966 bits per heavy atom. The Bertz CT molecular complexity index is 1120. The van der Waals surface area contributed by atoms with Crippen molar-refractivity contribution >= 4 is 22.9 Å². The molecule has 1 N–H and O–H groups in total. The number of benzene rings is 3. The number of hydrogen-bond acceptors (Lipinski definition) is 4. The van der Waals surface area contributed by atoms with Gasteiger partial charge in [0.25, 0.3) is 5.91 Å². The van der Waals surface area contributed by atoms with Crippen molar-refractivity contribution in [3.8, 4) is 27.6 Å². The molecule has 0 aliphatic rings. The topological polar surface area (TPSA) is 51.2 Å². The zero-order valence-electron chi connectivity index (χ0n) is 16.0. The van der Waals surface area contributed by atoms with Gasteiger partial charge in [-0.1, -0.05) is 54.6 Å². The Hall–Kier alpha value is -3.44. The van der Waals surface area contributed by atoms with Crippen LogP contribution in [0.15, 0.2) is 84.2 Å². The predicted molar refractivity (Wildman–Crippen MR) is 118 cm³/mol. The highest BCUT2D eigenvalue weighted by Gasteiger charge is 2.09. The van der Waals surface area contributed by atoms with Crippen LogP contribution in [0, 0.1) is 6.92 Å². The zero-order valence-corrected chi connectivity index (χ0v) is 16.8. The van der Waals surface area contributed by atoms with E-state index in [-0.39, 0.29) is 12.5 Å². The summed E-state index contributed by atoms with van der Waals surface area (Å²) in [6.07, 6.45) is 0. The summed E-state index contributed by atoms with van der Waals surface area (Å²) in [5.41, 5.74) is 4.76. The molecule has 4 nitrogen and oxygen atoms in total. The minimum atomic E-state index is -0.202. The average molecular weight is 401 g/mol. The van der Waals surface area contributed by atoms with E-state index in [4.69, 9.17) is 9.72 Å². The molecule has 0 aliphatic carbocycles. The maximum absolute atomic E-state index is 12.3. The van der Waals surface area contributed by atoms with Gasteiger partial charge >= 0.3 is 0 Å². The second-order valence-electron chi connectivity index (χ2n) is 6.64. The molecule has 4 rings (SSSR count). The van der Waals surface area contributed by atoms with Gasteiger partial charge in [0.2, 0.25) is 0 Å². The third-order valence-corrected chi connectivity index (χ3v) is 5.22. The maximum Gasteiger partial charge on any atom is 0.262 e. The fourth-order valence-electron chi connectivity index (χ4n) is 2.93. The molecule has 0 radical (unpaired) electrons. The Balaban J connectivity index is 1.42. The maximum atomic E-state index is 12.3. The number of thiazole rings is 1. The number of amides is 1.